The molecular weight excluding hydrogens is 370 g/mol. The molecule has 150 valence electrons. The minimum Gasteiger partial charge on any atom is -0.322 e. The molecule has 2 amide bonds. The smallest absolute Gasteiger partial charge is 0.277 e. The van der Waals surface area contributed by atoms with Gasteiger partial charge in [-0.15, -0.1) is 0 Å². The lowest BCUT2D eigenvalue weighted by atomic mass is 10.1. The highest BCUT2D eigenvalue weighted by molar-refractivity contribution is 6.03. The molecule has 1 fully saturated rings. The number of benzene rings is 1. The third-order valence-electron chi connectivity index (χ3n) is 4.79. The van der Waals surface area contributed by atoms with Crippen molar-refractivity contribution in [2.24, 2.45) is 0 Å². The van der Waals surface area contributed by atoms with Crippen molar-refractivity contribution in [2.75, 3.05) is 5.32 Å². The van der Waals surface area contributed by atoms with Gasteiger partial charge in [-0.3, -0.25) is 19.9 Å². The molecule has 1 saturated heterocycles. The molecule has 29 heavy (non-hydrogen) atoms. The van der Waals surface area contributed by atoms with Crippen LogP contribution in [0.1, 0.15) is 48.7 Å². The topological polar surface area (TPSA) is 114 Å². The molecule has 9 nitrogen and oxygen atoms in total. The van der Waals surface area contributed by atoms with Crippen LogP contribution in [0.3, 0.4) is 0 Å². The van der Waals surface area contributed by atoms with E-state index in [9.17, 15) is 9.59 Å². The van der Waals surface area contributed by atoms with E-state index in [0.717, 1.165) is 24.1 Å². The summed E-state index contributed by atoms with van der Waals surface area (Å²) in [7, 11) is 0. The average Bonchev–Trinajstić information content (AvgIpc) is 3.07. The van der Waals surface area contributed by atoms with E-state index in [2.05, 4.69) is 37.9 Å². The Hall–Kier alpha value is -3.33. The second-order valence-electron chi connectivity index (χ2n) is 7.14. The summed E-state index contributed by atoms with van der Waals surface area (Å²) >= 11 is 0. The number of carbonyl (C=O) groups excluding carboxylic acids is 2. The standard InChI is InChI=1S/C20H23N7O2/c1-3-6-13-10-18(28)25-20(22-13)27-17(9-12(2)26-27)24-19(29)16-11-21-14-7-4-5-8-15(14)23-16/h4-5,7-9,11,13,20,22H,3,6,10H2,1-2H3,(H,24,29)(H,25,28). The van der Waals surface area contributed by atoms with E-state index in [1.807, 2.05) is 31.2 Å². The number of nitrogens with one attached hydrogen (secondary N) is 3. The van der Waals surface area contributed by atoms with E-state index >= 15 is 0 Å². The Labute approximate surface area is 167 Å². The van der Waals surface area contributed by atoms with Crippen LogP contribution in [0, 0.1) is 6.92 Å². The number of para-hydroxylation sites is 2. The first-order valence-corrected chi connectivity index (χ1v) is 9.68. The van der Waals surface area contributed by atoms with Gasteiger partial charge in [-0.25, -0.2) is 9.67 Å². The van der Waals surface area contributed by atoms with Crippen molar-refractivity contribution in [2.45, 2.75) is 45.4 Å². The van der Waals surface area contributed by atoms with Crippen LogP contribution in [0.2, 0.25) is 0 Å². The highest BCUT2D eigenvalue weighted by atomic mass is 16.2. The molecule has 4 rings (SSSR count). The van der Waals surface area contributed by atoms with E-state index in [-0.39, 0.29) is 17.6 Å². The molecule has 9 heteroatoms. The van der Waals surface area contributed by atoms with Crippen LogP contribution in [0.4, 0.5) is 5.82 Å². The van der Waals surface area contributed by atoms with Gasteiger partial charge in [0.1, 0.15) is 11.5 Å². The van der Waals surface area contributed by atoms with Crippen molar-refractivity contribution in [3.8, 4) is 0 Å². The number of hydrogen-bond acceptors (Lipinski definition) is 6. The molecule has 1 aliphatic heterocycles. The van der Waals surface area contributed by atoms with Crippen molar-refractivity contribution >= 4 is 28.7 Å². The van der Waals surface area contributed by atoms with Gasteiger partial charge in [0, 0.05) is 18.5 Å². The number of rotatable bonds is 5. The second-order valence-corrected chi connectivity index (χ2v) is 7.14. The van der Waals surface area contributed by atoms with Crippen LogP contribution in [0.25, 0.3) is 11.0 Å². The zero-order valence-electron chi connectivity index (χ0n) is 16.3. The number of carbonyl (C=O) groups is 2. The van der Waals surface area contributed by atoms with Gasteiger partial charge in [-0.05, 0) is 25.5 Å². The normalized spacial score (nSPS) is 19.2. The fourth-order valence-electron chi connectivity index (χ4n) is 3.48. The van der Waals surface area contributed by atoms with Crippen molar-refractivity contribution in [3.63, 3.8) is 0 Å². The highest BCUT2D eigenvalue weighted by Gasteiger charge is 2.28. The molecule has 2 aromatic heterocycles. The molecule has 0 aliphatic carbocycles. The molecule has 0 radical (unpaired) electrons. The van der Waals surface area contributed by atoms with E-state index in [1.165, 1.54) is 6.20 Å². The molecular formula is C20H23N7O2. The predicted molar refractivity (Wildman–Crippen MR) is 108 cm³/mol. The quantitative estimate of drug-likeness (QED) is 0.612. The van der Waals surface area contributed by atoms with E-state index in [1.54, 1.807) is 10.7 Å². The third kappa shape index (κ3) is 4.09. The lowest BCUT2D eigenvalue weighted by molar-refractivity contribution is -0.125. The molecule has 0 saturated carbocycles. The van der Waals surface area contributed by atoms with Gasteiger partial charge < -0.3 is 10.6 Å². The van der Waals surface area contributed by atoms with Crippen molar-refractivity contribution in [1.82, 2.24) is 30.4 Å². The Morgan fingerprint density at radius 1 is 1.31 bits per heavy atom. The SMILES string of the molecule is CCCC1CC(=O)NC(n2nc(C)cc2NC(=O)c2cnc3ccccc3n2)N1. The summed E-state index contributed by atoms with van der Waals surface area (Å²) in [5, 5.41) is 13.6. The fourth-order valence-corrected chi connectivity index (χ4v) is 3.48. The summed E-state index contributed by atoms with van der Waals surface area (Å²) in [6, 6.07) is 9.19. The molecule has 3 N–H and O–H groups in total. The largest absolute Gasteiger partial charge is 0.322 e. The maximum Gasteiger partial charge on any atom is 0.277 e. The van der Waals surface area contributed by atoms with Crippen LogP contribution >= 0.6 is 0 Å². The maximum atomic E-state index is 12.8. The van der Waals surface area contributed by atoms with Crippen LogP contribution in [-0.2, 0) is 4.79 Å². The number of aryl methyl sites for hydroxylation is 1. The number of aromatic nitrogens is 4. The summed E-state index contributed by atoms with van der Waals surface area (Å²) < 4.78 is 1.58. The van der Waals surface area contributed by atoms with Crippen molar-refractivity contribution in [3.05, 3.63) is 47.9 Å². The van der Waals surface area contributed by atoms with E-state index in [4.69, 9.17) is 0 Å². The minimum absolute atomic E-state index is 0.0435. The summed E-state index contributed by atoms with van der Waals surface area (Å²) in [4.78, 5) is 33.6. The second kappa shape index (κ2) is 7.96. The van der Waals surface area contributed by atoms with Gasteiger partial charge in [0.05, 0.1) is 22.9 Å². The number of fused-ring (bicyclic) bond motifs is 1. The molecule has 1 aromatic carbocycles. The Kier molecular flexibility index (Phi) is 5.22. The Balaban J connectivity index is 1.57. The van der Waals surface area contributed by atoms with Gasteiger partial charge in [0.15, 0.2) is 6.29 Å². The zero-order chi connectivity index (χ0) is 20.4. The first-order chi connectivity index (χ1) is 14.0. The summed E-state index contributed by atoms with van der Waals surface area (Å²) in [5.74, 6) is 0.0343. The van der Waals surface area contributed by atoms with Gasteiger partial charge in [0.25, 0.3) is 5.91 Å². The number of anilines is 1. The maximum absolute atomic E-state index is 12.8. The molecule has 3 aromatic rings. The van der Waals surface area contributed by atoms with Gasteiger partial charge >= 0.3 is 0 Å². The van der Waals surface area contributed by atoms with E-state index < -0.39 is 12.2 Å². The van der Waals surface area contributed by atoms with Crippen molar-refractivity contribution in [1.29, 1.82) is 0 Å². The number of amides is 2. The van der Waals surface area contributed by atoms with Gasteiger partial charge in [0.2, 0.25) is 5.91 Å². The molecule has 0 spiro atoms. The van der Waals surface area contributed by atoms with Crippen LogP contribution < -0.4 is 16.0 Å². The number of nitrogens with zero attached hydrogens (tertiary/aromatic N) is 4. The Bertz CT molecular complexity index is 1060. The Morgan fingerprint density at radius 2 is 2.10 bits per heavy atom. The first-order valence-electron chi connectivity index (χ1n) is 9.68. The van der Waals surface area contributed by atoms with Gasteiger partial charge in [-0.1, -0.05) is 25.5 Å². The van der Waals surface area contributed by atoms with E-state index in [0.29, 0.717) is 17.8 Å². The molecule has 1 aliphatic rings. The fraction of sp³-hybridized carbons (Fsp3) is 0.350. The van der Waals surface area contributed by atoms with Crippen molar-refractivity contribution < 1.29 is 9.59 Å². The minimum atomic E-state index is -0.528. The Morgan fingerprint density at radius 3 is 2.90 bits per heavy atom. The lowest BCUT2D eigenvalue weighted by Crippen LogP contribution is -2.53. The molecule has 3 heterocycles. The molecule has 2 atom stereocenters. The van der Waals surface area contributed by atoms with Crippen LogP contribution in [0.5, 0.6) is 0 Å². The lowest BCUT2D eigenvalue weighted by Gasteiger charge is -2.32. The molecule has 0 bridgehead atoms. The molecule has 2 unspecified atom stereocenters. The summed E-state index contributed by atoms with van der Waals surface area (Å²) in [6.07, 6.45) is 3.21. The van der Waals surface area contributed by atoms with Crippen LogP contribution in [0.15, 0.2) is 36.5 Å². The third-order valence-corrected chi connectivity index (χ3v) is 4.79. The zero-order valence-corrected chi connectivity index (χ0v) is 16.3. The van der Waals surface area contributed by atoms with Crippen LogP contribution in [-0.4, -0.2) is 37.6 Å². The summed E-state index contributed by atoms with van der Waals surface area (Å²) in [5.41, 5.74) is 2.30. The summed E-state index contributed by atoms with van der Waals surface area (Å²) in [6.45, 7) is 3.91. The predicted octanol–water partition coefficient (Wildman–Crippen LogP) is 2.12. The highest BCUT2D eigenvalue weighted by Crippen LogP contribution is 2.19. The number of hydrogen-bond donors (Lipinski definition) is 3. The monoisotopic (exact) mass is 393 g/mol. The first kappa shape index (κ1) is 19.0. The average molecular weight is 393 g/mol. The van der Waals surface area contributed by atoms with Gasteiger partial charge in [-0.2, -0.15) is 5.10 Å².